The Labute approximate surface area is 111 Å². The third-order valence-electron chi connectivity index (χ3n) is 3.66. The summed E-state index contributed by atoms with van der Waals surface area (Å²) in [4.78, 5) is 11.4. The van der Waals surface area contributed by atoms with Crippen molar-refractivity contribution < 1.29 is 13.9 Å². The second-order valence-electron chi connectivity index (χ2n) is 5.27. The van der Waals surface area contributed by atoms with Crippen molar-refractivity contribution in [2.45, 2.75) is 44.2 Å². The highest BCUT2D eigenvalue weighted by Gasteiger charge is 2.38. The lowest BCUT2D eigenvalue weighted by Crippen LogP contribution is -2.56. The van der Waals surface area contributed by atoms with Gasteiger partial charge in [0, 0.05) is 6.42 Å². The van der Waals surface area contributed by atoms with Gasteiger partial charge in [-0.15, -0.1) is 0 Å². The van der Waals surface area contributed by atoms with Gasteiger partial charge in [0.15, 0.2) is 0 Å². The van der Waals surface area contributed by atoms with E-state index in [9.17, 15) is 9.18 Å². The number of carbonyl (C=O) groups excluding carboxylic acids is 1. The van der Waals surface area contributed by atoms with E-state index in [2.05, 4.69) is 0 Å². The van der Waals surface area contributed by atoms with Crippen LogP contribution in [0.2, 0.25) is 0 Å². The number of ether oxygens (including phenoxy) is 1. The number of amides is 1. The van der Waals surface area contributed by atoms with Crippen LogP contribution < -0.4 is 16.2 Å². The lowest BCUT2D eigenvalue weighted by atomic mass is 9.80. The van der Waals surface area contributed by atoms with Gasteiger partial charge >= 0.3 is 0 Å². The summed E-state index contributed by atoms with van der Waals surface area (Å²) in [5, 5.41) is 0. The summed E-state index contributed by atoms with van der Waals surface area (Å²) in [6.45, 7) is 1.68. The van der Waals surface area contributed by atoms with Gasteiger partial charge in [-0.25, -0.2) is 4.39 Å². The maximum absolute atomic E-state index is 13.2. The fourth-order valence-corrected chi connectivity index (χ4v) is 2.46. The standard InChI is InChI=1S/C14H19FN2O2/c1-9-7-10(4-5-12(9)15)19-11-3-2-6-14(17,8-11)13(16)18/h4-5,7,11H,2-3,6,8,17H2,1H3,(H2,16,18). The van der Waals surface area contributed by atoms with Crippen molar-refractivity contribution in [1.82, 2.24) is 0 Å². The van der Waals surface area contributed by atoms with Crippen LogP contribution in [0.5, 0.6) is 5.75 Å². The van der Waals surface area contributed by atoms with Gasteiger partial charge in [0.05, 0.1) is 5.54 Å². The van der Waals surface area contributed by atoms with Crippen molar-refractivity contribution in [3.05, 3.63) is 29.6 Å². The minimum Gasteiger partial charge on any atom is -0.490 e. The molecule has 0 saturated heterocycles. The van der Waals surface area contributed by atoms with E-state index in [-0.39, 0.29) is 11.9 Å². The summed E-state index contributed by atoms with van der Waals surface area (Å²) in [7, 11) is 0. The van der Waals surface area contributed by atoms with E-state index in [0.29, 0.717) is 24.2 Å². The quantitative estimate of drug-likeness (QED) is 0.873. The Morgan fingerprint density at radius 2 is 2.26 bits per heavy atom. The molecule has 1 fully saturated rings. The van der Waals surface area contributed by atoms with Crippen molar-refractivity contribution in [3.8, 4) is 5.75 Å². The monoisotopic (exact) mass is 266 g/mol. The highest BCUT2D eigenvalue weighted by atomic mass is 19.1. The van der Waals surface area contributed by atoms with Crippen LogP contribution in [-0.2, 0) is 4.79 Å². The van der Waals surface area contributed by atoms with E-state index in [0.717, 1.165) is 12.8 Å². The second kappa shape index (κ2) is 5.17. The zero-order chi connectivity index (χ0) is 14.0. The van der Waals surface area contributed by atoms with Gasteiger partial charge in [0.2, 0.25) is 5.91 Å². The second-order valence-corrected chi connectivity index (χ2v) is 5.27. The van der Waals surface area contributed by atoms with E-state index in [1.807, 2.05) is 0 Å². The summed E-state index contributed by atoms with van der Waals surface area (Å²) < 4.78 is 19.0. The number of nitrogens with two attached hydrogens (primary N) is 2. The maximum Gasteiger partial charge on any atom is 0.237 e. The van der Waals surface area contributed by atoms with Crippen LogP contribution in [0.4, 0.5) is 4.39 Å². The molecular weight excluding hydrogens is 247 g/mol. The number of hydrogen-bond donors (Lipinski definition) is 2. The minimum absolute atomic E-state index is 0.156. The molecule has 104 valence electrons. The molecule has 0 bridgehead atoms. The molecule has 19 heavy (non-hydrogen) atoms. The molecule has 2 atom stereocenters. The Hall–Kier alpha value is -1.62. The van der Waals surface area contributed by atoms with Gasteiger partial charge < -0.3 is 16.2 Å². The third-order valence-corrected chi connectivity index (χ3v) is 3.66. The predicted octanol–water partition coefficient (Wildman–Crippen LogP) is 1.64. The van der Waals surface area contributed by atoms with Gasteiger partial charge in [-0.3, -0.25) is 4.79 Å². The van der Waals surface area contributed by atoms with Gasteiger partial charge in [-0.1, -0.05) is 0 Å². The highest BCUT2D eigenvalue weighted by Crippen LogP contribution is 2.29. The molecule has 1 saturated carbocycles. The third kappa shape index (κ3) is 3.04. The Kier molecular flexibility index (Phi) is 3.75. The first kappa shape index (κ1) is 13.8. The fraction of sp³-hybridized carbons (Fsp3) is 0.500. The minimum atomic E-state index is -0.988. The van der Waals surface area contributed by atoms with Crippen molar-refractivity contribution >= 4 is 5.91 Å². The van der Waals surface area contributed by atoms with E-state index in [1.165, 1.54) is 6.07 Å². The number of primary amides is 1. The Balaban J connectivity index is 2.06. The molecule has 1 amide bonds. The van der Waals surface area contributed by atoms with E-state index >= 15 is 0 Å². The Morgan fingerprint density at radius 1 is 1.53 bits per heavy atom. The zero-order valence-electron chi connectivity index (χ0n) is 11.0. The Morgan fingerprint density at radius 3 is 2.89 bits per heavy atom. The first-order valence-corrected chi connectivity index (χ1v) is 6.42. The normalized spacial score (nSPS) is 27.0. The van der Waals surface area contributed by atoms with Crippen LogP contribution >= 0.6 is 0 Å². The van der Waals surface area contributed by atoms with Gasteiger partial charge in [-0.05, 0) is 49.9 Å². The summed E-state index contributed by atoms with van der Waals surface area (Å²) in [6, 6.07) is 4.60. The van der Waals surface area contributed by atoms with E-state index < -0.39 is 11.4 Å². The number of hydrogen-bond acceptors (Lipinski definition) is 3. The number of halogens is 1. The number of benzene rings is 1. The summed E-state index contributed by atoms with van der Waals surface area (Å²) >= 11 is 0. The van der Waals surface area contributed by atoms with Crippen LogP contribution in [0, 0.1) is 12.7 Å². The SMILES string of the molecule is Cc1cc(OC2CCCC(N)(C(N)=O)C2)ccc1F. The molecule has 1 aliphatic rings. The first-order chi connectivity index (χ1) is 8.90. The van der Waals surface area contributed by atoms with Crippen LogP contribution in [0.15, 0.2) is 18.2 Å². The molecule has 0 heterocycles. The van der Waals surface area contributed by atoms with Crippen LogP contribution in [0.3, 0.4) is 0 Å². The maximum atomic E-state index is 13.2. The number of aryl methyl sites for hydroxylation is 1. The molecule has 1 aliphatic carbocycles. The van der Waals surface area contributed by atoms with E-state index in [1.54, 1.807) is 19.1 Å². The lowest BCUT2D eigenvalue weighted by molar-refractivity contribution is -0.125. The van der Waals surface area contributed by atoms with Crippen molar-refractivity contribution in [1.29, 1.82) is 0 Å². The van der Waals surface area contributed by atoms with Gasteiger partial charge in [0.25, 0.3) is 0 Å². The Bertz CT molecular complexity index is 492. The smallest absolute Gasteiger partial charge is 0.237 e. The van der Waals surface area contributed by atoms with Crippen LogP contribution in [0.25, 0.3) is 0 Å². The van der Waals surface area contributed by atoms with Crippen molar-refractivity contribution in [2.75, 3.05) is 0 Å². The highest BCUT2D eigenvalue weighted by molar-refractivity contribution is 5.84. The van der Waals surface area contributed by atoms with Crippen molar-refractivity contribution in [2.24, 2.45) is 11.5 Å². The zero-order valence-corrected chi connectivity index (χ0v) is 11.0. The van der Waals surface area contributed by atoms with Gasteiger partial charge in [-0.2, -0.15) is 0 Å². The molecule has 5 heteroatoms. The average Bonchev–Trinajstić information content (AvgIpc) is 2.34. The molecular formula is C14H19FN2O2. The summed E-state index contributed by atoms with van der Waals surface area (Å²) in [5.41, 5.74) is 10.9. The molecule has 0 radical (unpaired) electrons. The molecule has 4 nitrogen and oxygen atoms in total. The molecule has 0 spiro atoms. The average molecular weight is 266 g/mol. The number of carbonyl (C=O) groups is 1. The fourth-order valence-electron chi connectivity index (χ4n) is 2.46. The predicted molar refractivity (Wildman–Crippen MR) is 70.1 cm³/mol. The van der Waals surface area contributed by atoms with Crippen LogP contribution in [-0.4, -0.2) is 17.6 Å². The summed E-state index contributed by atoms with van der Waals surface area (Å²) in [5.74, 6) is -0.157. The van der Waals surface area contributed by atoms with E-state index in [4.69, 9.17) is 16.2 Å². The molecule has 4 N–H and O–H groups in total. The lowest BCUT2D eigenvalue weighted by Gasteiger charge is -2.35. The molecule has 0 aliphatic heterocycles. The topological polar surface area (TPSA) is 78.3 Å². The van der Waals surface area contributed by atoms with Gasteiger partial charge in [0.1, 0.15) is 17.7 Å². The first-order valence-electron chi connectivity index (χ1n) is 6.42. The molecule has 1 aromatic rings. The largest absolute Gasteiger partial charge is 0.490 e. The van der Waals surface area contributed by atoms with Crippen molar-refractivity contribution in [3.63, 3.8) is 0 Å². The van der Waals surface area contributed by atoms with Crippen LogP contribution in [0.1, 0.15) is 31.2 Å². The molecule has 0 aromatic heterocycles. The summed E-state index contributed by atoms with van der Waals surface area (Å²) in [6.07, 6.45) is 2.45. The molecule has 1 aromatic carbocycles. The molecule has 2 unspecified atom stereocenters. The molecule has 2 rings (SSSR count). The number of rotatable bonds is 3.